The van der Waals surface area contributed by atoms with Crippen LogP contribution in [0.15, 0.2) is 58.1 Å². The minimum atomic E-state index is -0.905. The number of likely N-dealkylation sites (tertiary alicyclic amines) is 1. The summed E-state index contributed by atoms with van der Waals surface area (Å²) in [5, 5.41) is 10.2. The minimum absolute atomic E-state index is 0.184. The number of benzene rings is 2. The average molecular weight is 425 g/mol. The molecule has 7 nitrogen and oxygen atoms in total. The van der Waals surface area contributed by atoms with Gasteiger partial charge in [-0.25, -0.2) is 9.18 Å². The van der Waals surface area contributed by atoms with E-state index in [1.807, 2.05) is 4.90 Å². The Kier molecular flexibility index (Phi) is 5.73. The van der Waals surface area contributed by atoms with E-state index in [4.69, 9.17) is 0 Å². The Morgan fingerprint density at radius 1 is 1.10 bits per heavy atom. The summed E-state index contributed by atoms with van der Waals surface area (Å²) in [4.78, 5) is 39.4. The molecular formula is C23H24FN3O4. The Morgan fingerprint density at radius 3 is 2.52 bits per heavy atom. The summed E-state index contributed by atoms with van der Waals surface area (Å²) in [6.45, 7) is 1.52. The van der Waals surface area contributed by atoms with Crippen LogP contribution >= 0.6 is 0 Å². The molecule has 3 aromatic rings. The maximum Gasteiger partial charge on any atom is 0.331 e. The lowest BCUT2D eigenvalue weighted by Crippen LogP contribution is -2.46. The highest BCUT2D eigenvalue weighted by Gasteiger charge is 2.35. The molecule has 31 heavy (non-hydrogen) atoms. The van der Waals surface area contributed by atoms with Gasteiger partial charge in [0.15, 0.2) is 0 Å². The van der Waals surface area contributed by atoms with Crippen molar-refractivity contribution in [2.24, 2.45) is 13.0 Å². The van der Waals surface area contributed by atoms with Gasteiger partial charge in [-0.2, -0.15) is 0 Å². The zero-order chi connectivity index (χ0) is 22.1. The number of fused-ring (bicyclic) bond motifs is 1. The number of halogens is 1. The van der Waals surface area contributed by atoms with Crippen LogP contribution < -0.4 is 11.2 Å². The molecule has 4 rings (SSSR count). The molecule has 0 aliphatic carbocycles. The lowest BCUT2D eigenvalue weighted by molar-refractivity contribution is -0.144. The van der Waals surface area contributed by atoms with Crippen LogP contribution in [0.25, 0.3) is 10.9 Å². The molecule has 2 heterocycles. The molecular weight excluding hydrogens is 401 g/mol. The van der Waals surface area contributed by atoms with Gasteiger partial charge in [-0.3, -0.25) is 18.7 Å². The van der Waals surface area contributed by atoms with E-state index < -0.39 is 11.9 Å². The molecule has 0 bridgehead atoms. The first-order valence-corrected chi connectivity index (χ1v) is 10.3. The van der Waals surface area contributed by atoms with Gasteiger partial charge in [0, 0.05) is 26.7 Å². The summed E-state index contributed by atoms with van der Waals surface area (Å²) < 4.78 is 15.9. The van der Waals surface area contributed by atoms with Crippen molar-refractivity contribution in [2.45, 2.75) is 18.9 Å². The molecule has 1 aliphatic heterocycles. The zero-order valence-corrected chi connectivity index (χ0v) is 17.2. The van der Waals surface area contributed by atoms with Gasteiger partial charge in [0.1, 0.15) is 5.82 Å². The monoisotopic (exact) mass is 425 g/mol. The molecule has 0 amide bonds. The van der Waals surface area contributed by atoms with Gasteiger partial charge in [-0.15, -0.1) is 0 Å². The number of carboxylic acid groups (broad SMARTS) is 1. The first-order valence-electron chi connectivity index (χ1n) is 10.3. The molecule has 2 atom stereocenters. The van der Waals surface area contributed by atoms with Gasteiger partial charge in [-0.1, -0.05) is 24.3 Å². The van der Waals surface area contributed by atoms with Crippen molar-refractivity contribution in [1.29, 1.82) is 0 Å². The number of nitrogens with zero attached hydrogens (tertiary/aromatic N) is 3. The van der Waals surface area contributed by atoms with Crippen molar-refractivity contribution >= 4 is 16.9 Å². The van der Waals surface area contributed by atoms with Crippen molar-refractivity contribution < 1.29 is 14.3 Å². The number of hydrogen-bond donors (Lipinski definition) is 1. The van der Waals surface area contributed by atoms with E-state index in [9.17, 15) is 23.9 Å². The molecule has 1 saturated heterocycles. The minimum Gasteiger partial charge on any atom is -0.481 e. The summed E-state index contributed by atoms with van der Waals surface area (Å²) in [5.74, 6) is -2.10. The number of aryl methyl sites for hydroxylation is 1. The van der Waals surface area contributed by atoms with Crippen molar-refractivity contribution in [1.82, 2.24) is 14.0 Å². The lowest BCUT2D eigenvalue weighted by Gasteiger charge is -2.36. The molecule has 1 aromatic heterocycles. The normalized spacial score (nSPS) is 19.5. The molecule has 1 aliphatic rings. The highest BCUT2D eigenvalue weighted by atomic mass is 19.1. The third kappa shape index (κ3) is 4.03. The summed E-state index contributed by atoms with van der Waals surface area (Å²) in [6.07, 6.45) is 0.604. The predicted octanol–water partition coefficient (Wildman–Crippen LogP) is 2.03. The number of carbonyl (C=O) groups is 1. The van der Waals surface area contributed by atoms with Crippen LogP contribution in [0.3, 0.4) is 0 Å². The van der Waals surface area contributed by atoms with E-state index in [0.717, 1.165) is 5.56 Å². The number of rotatable bonds is 5. The summed E-state index contributed by atoms with van der Waals surface area (Å²) in [6, 6.07) is 13.0. The zero-order valence-electron chi connectivity index (χ0n) is 17.2. The maximum atomic E-state index is 13.2. The Bertz CT molecular complexity index is 1230. The summed E-state index contributed by atoms with van der Waals surface area (Å²) in [7, 11) is 1.63. The first kappa shape index (κ1) is 21.0. The van der Waals surface area contributed by atoms with Crippen LogP contribution in [-0.2, 0) is 18.4 Å². The topological polar surface area (TPSA) is 84.5 Å². The Morgan fingerprint density at radius 2 is 1.81 bits per heavy atom. The van der Waals surface area contributed by atoms with Gasteiger partial charge >= 0.3 is 11.7 Å². The molecule has 162 valence electrons. The molecule has 2 unspecified atom stereocenters. The van der Waals surface area contributed by atoms with Crippen LogP contribution in [0, 0.1) is 11.7 Å². The Labute approximate surface area is 178 Å². The van der Waals surface area contributed by atoms with E-state index in [1.54, 1.807) is 43.4 Å². The summed E-state index contributed by atoms with van der Waals surface area (Å²) >= 11 is 0. The number of carboxylic acids is 1. The molecule has 0 radical (unpaired) electrons. The van der Waals surface area contributed by atoms with Gasteiger partial charge in [0.25, 0.3) is 5.56 Å². The van der Waals surface area contributed by atoms with Crippen LogP contribution in [0.4, 0.5) is 4.39 Å². The van der Waals surface area contributed by atoms with Crippen LogP contribution in [0.1, 0.15) is 17.9 Å². The SMILES string of the molecule is Cn1c(=O)n(CCN2CCC(c3ccc(F)cc3)C(C(=O)O)C2)c(=O)c2ccccc21. The summed E-state index contributed by atoms with van der Waals surface area (Å²) in [5.41, 5.74) is 0.669. The Hall–Kier alpha value is -3.26. The number of para-hydroxylation sites is 1. The molecule has 1 fully saturated rings. The van der Waals surface area contributed by atoms with E-state index in [2.05, 4.69) is 0 Å². The number of hydrogen-bond acceptors (Lipinski definition) is 4. The van der Waals surface area contributed by atoms with Crippen LogP contribution in [0.2, 0.25) is 0 Å². The van der Waals surface area contributed by atoms with Crippen molar-refractivity contribution in [2.75, 3.05) is 19.6 Å². The fourth-order valence-electron chi connectivity index (χ4n) is 4.48. The number of piperidine rings is 1. The van der Waals surface area contributed by atoms with Gasteiger partial charge in [-0.05, 0) is 48.7 Å². The second kappa shape index (κ2) is 8.47. The van der Waals surface area contributed by atoms with Crippen molar-refractivity contribution in [3.05, 3.63) is 80.7 Å². The quantitative estimate of drug-likeness (QED) is 0.676. The van der Waals surface area contributed by atoms with E-state index in [-0.39, 0.29) is 29.5 Å². The van der Waals surface area contributed by atoms with E-state index in [0.29, 0.717) is 37.0 Å². The van der Waals surface area contributed by atoms with E-state index in [1.165, 1.54) is 21.3 Å². The lowest BCUT2D eigenvalue weighted by atomic mass is 9.80. The second-order valence-corrected chi connectivity index (χ2v) is 8.01. The molecule has 8 heteroatoms. The smallest absolute Gasteiger partial charge is 0.331 e. The first-order chi connectivity index (χ1) is 14.9. The molecule has 0 saturated carbocycles. The number of aliphatic carboxylic acids is 1. The number of aromatic nitrogens is 2. The predicted molar refractivity (Wildman–Crippen MR) is 115 cm³/mol. The third-order valence-corrected chi connectivity index (χ3v) is 6.21. The Balaban J connectivity index is 1.53. The highest BCUT2D eigenvalue weighted by molar-refractivity contribution is 5.77. The largest absolute Gasteiger partial charge is 0.481 e. The second-order valence-electron chi connectivity index (χ2n) is 8.01. The van der Waals surface area contributed by atoms with Gasteiger partial charge < -0.3 is 10.0 Å². The standard InChI is InChI=1S/C23H24FN3O4/c1-25-20-5-3-2-4-18(20)21(28)27(23(25)31)13-12-26-11-10-17(19(14-26)22(29)30)15-6-8-16(24)9-7-15/h2-9,17,19H,10-14H2,1H3,(H,29,30). The highest BCUT2D eigenvalue weighted by Crippen LogP contribution is 2.33. The average Bonchev–Trinajstić information content (AvgIpc) is 2.78. The van der Waals surface area contributed by atoms with E-state index >= 15 is 0 Å². The molecule has 0 spiro atoms. The third-order valence-electron chi connectivity index (χ3n) is 6.21. The van der Waals surface area contributed by atoms with Gasteiger partial charge in [0.2, 0.25) is 0 Å². The maximum absolute atomic E-state index is 13.2. The fourth-order valence-corrected chi connectivity index (χ4v) is 4.48. The van der Waals surface area contributed by atoms with Crippen LogP contribution in [-0.4, -0.2) is 44.7 Å². The van der Waals surface area contributed by atoms with Gasteiger partial charge in [0.05, 0.1) is 16.8 Å². The van der Waals surface area contributed by atoms with Crippen LogP contribution in [0.5, 0.6) is 0 Å². The fraction of sp³-hybridized carbons (Fsp3) is 0.348. The van der Waals surface area contributed by atoms with Crippen molar-refractivity contribution in [3.63, 3.8) is 0 Å². The molecule has 2 aromatic carbocycles. The molecule has 1 N–H and O–H groups in total. The van der Waals surface area contributed by atoms with Crippen molar-refractivity contribution in [3.8, 4) is 0 Å².